The second kappa shape index (κ2) is 3.89. The molecule has 68 valence electrons. The molecule has 1 aromatic heterocycles. The van der Waals surface area contributed by atoms with Crippen LogP contribution in [0.4, 0.5) is 0 Å². The van der Waals surface area contributed by atoms with E-state index in [4.69, 9.17) is 0 Å². The van der Waals surface area contributed by atoms with E-state index < -0.39 is 9.84 Å². The van der Waals surface area contributed by atoms with Crippen LogP contribution >= 0.6 is 27.3 Å². The SMILES string of the molecule is CCS(=O)(=O)Cc1sccc1Br. The van der Waals surface area contributed by atoms with Gasteiger partial charge >= 0.3 is 0 Å². The van der Waals surface area contributed by atoms with E-state index in [9.17, 15) is 8.42 Å². The molecular weight excluding hydrogens is 260 g/mol. The number of thiophene rings is 1. The predicted octanol–water partition coefficient (Wildman–Crippen LogP) is 2.45. The van der Waals surface area contributed by atoms with Gasteiger partial charge in [-0.1, -0.05) is 6.92 Å². The fraction of sp³-hybridized carbons (Fsp3) is 0.429. The lowest BCUT2D eigenvalue weighted by Crippen LogP contribution is -2.05. The van der Waals surface area contributed by atoms with Crippen LogP contribution in [0.5, 0.6) is 0 Å². The van der Waals surface area contributed by atoms with Crippen molar-refractivity contribution >= 4 is 37.1 Å². The lowest BCUT2D eigenvalue weighted by Gasteiger charge is -1.98. The second-order valence-corrected chi connectivity index (χ2v) is 6.58. The van der Waals surface area contributed by atoms with Crippen molar-refractivity contribution in [1.82, 2.24) is 0 Å². The molecule has 0 unspecified atom stereocenters. The first-order valence-corrected chi connectivity index (χ1v) is 6.97. The van der Waals surface area contributed by atoms with Gasteiger partial charge in [-0.3, -0.25) is 0 Å². The number of halogens is 1. The van der Waals surface area contributed by atoms with Crippen molar-refractivity contribution in [3.8, 4) is 0 Å². The average molecular weight is 269 g/mol. The number of rotatable bonds is 3. The van der Waals surface area contributed by atoms with E-state index in [1.54, 1.807) is 6.92 Å². The molecule has 1 aromatic rings. The molecule has 5 heteroatoms. The van der Waals surface area contributed by atoms with Crippen LogP contribution in [-0.4, -0.2) is 14.2 Å². The van der Waals surface area contributed by atoms with Crippen LogP contribution in [0, 0.1) is 0 Å². The maximum absolute atomic E-state index is 11.2. The summed E-state index contributed by atoms with van der Waals surface area (Å²) in [5, 5.41) is 1.88. The zero-order chi connectivity index (χ0) is 9.19. The van der Waals surface area contributed by atoms with Crippen molar-refractivity contribution in [2.24, 2.45) is 0 Å². The van der Waals surface area contributed by atoms with Gasteiger partial charge in [0.15, 0.2) is 9.84 Å². The van der Waals surface area contributed by atoms with E-state index in [1.807, 2.05) is 11.4 Å². The number of hydrogen-bond acceptors (Lipinski definition) is 3. The molecule has 0 amide bonds. The monoisotopic (exact) mass is 268 g/mol. The Morgan fingerprint density at radius 2 is 2.25 bits per heavy atom. The van der Waals surface area contributed by atoms with Crippen LogP contribution in [0.3, 0.4) is 0 Å². The molecule has 12 heavy (non-hydrogen) atoms. The molecule has 0 aliphatic rings. The Kier molecular flexibility index (Phi) is 3.31. The third-order valence-corrected chi connectivity index (χ3v) is 5.20. The van der Waals surface area contributed by atoms with Crippen LogP contribution in [-0.2, 0) is 15.6 Å². The predicted molar refractivity (Wildman–Crippen MR) is 55.2 cm³/mol. The summed E-state index contributed by atoms with van der Waals surface area (Å²) in [5.74, 6) is 0.360. The number of hydrogen-bond donors (Lipinski definition) is 0. The van der Waals surface area contributed by atoms with Gasteiger partial charge in [0, 0.05) is 15.1 Å². The van der Waals surface area contributed by atoms with Gasteiger partial charge in [-0.2, -0.15) is 0 Å². The Balaban J connectivity index is 2.84. The Morgan fingerprint density at radius 3 is 2.67 bits per heavy atom. The standard InChI is InChI=1S/C7H9BrO2S2/c1-2-12(9,10)5-7-6(8)3-4-11-7/h3-4H,2,5H2,1H3. The molecule has 0 fully saturated rings. The van der Waals surface area contributed by atoms with Crippen molar-refractivity contribution < 1.29 is 8.42 Å². The molecule has 0 aliphatic carbocycles. The smallest absolute Gasteiger partial charge is 0.155 e. The van der Waals surface area contributed by atoms with Crippen molar-refractivity contribution in [3.63, 3.8) is 0 Å². The van der Waals surface area contributed by atoms with Crippen LogP contribution in [0.15, 0.2) is 15.9 Å². The minimum atomic E-state index is -2.88. The van der Waals surface area contributed by atoms with Crippen LogP contribution in [0.2, 0.25) is 0 Å². The van der Waals surface area contributed by atoms with E-state index in [1.165, 1.54) is 11.3 Å². The van der Waals surface area contributed by atoms with Gasteiger partial charge in [0.05, 0.1) is 5.75 Å². The molecule has 0 radical (unpaired) electrons. The molecule has 0 spiro atoms. The highest BCUT2D eigenvalue weighted by Gasteiger charge is 2.11. The van der Waals surface area contributed by atoms with Crippen LogP contribution in [0.25, 0.3) is 0 Å². The third kappa shape index (κ3) is 2.57. The first-order chi connectivity index (χ1) is 5.55. The highest BCUT2D eigenvalue weighted by atomic mass is 79.9. The van der Waals surface area contributed by atoms with E-state index in [2.05, 4.69) is 15.9 Å². The summed E-state index contributed by atoms with van der Waals surface area (Å²) in [6, 6.07) is 1.87. The molecule has 1 rings (SSSR count). The molecule has 0 N–H and O–H groups in total. The van der Waals surface area contributed by atoms with Gasteiger partial charge in [0.25, 0.3) is 0 Å². The van der Waals surface area contributed by atoms with E-state index >= 15 is 0 Å². The van der Waals surface area contributed by atoms with Crippen molar-refractivity contribution in [2.75, 3.05) is 5.75 Å². The normalized spacial score (nSPS) is 11.8. The van der Waals surface area contributed by atoms with E-state index in [0.29, 0.717) is 0 Å². The van der Waals surface area contributed by atoms with Gasteiger partial charge in [-0.15, -0.1) is 11.3 Å². The van der Waals surface area contributed by atoms with Gasteiger partial charge in [-0.25, -0.2) is 8.42 Å². The summed E-state index contributed by atoms with van der Waals surface area (Å²) in [6.07, 6.45) is 0. The van der Waals surface area contributed by atoms with E-state index in [0.717, 1.165) is 9.35 Å². The Hall–Kier alpha value is 0.130. The van der Waals surface area contributed by atoms with Crippen molar-refractivity contribution in [3.05, 3.63) is 20.8 Å². The highest BCUT2D eigenvalue weighted by Crippen LogP contribution is 2.24. The average Bonchev–Trinajstić information content (AvgIpc) is 2.36. The molecule has 0 atom stereocenters. The zero-order valence-corrected chi connectivity index (χ0v) is 9.80. The topological polar surface area (TPSA) is 34.1 Å². The maximum Gasteiger partial charge on any atom is 0.155 e. The molecule has 2 nitrogen and oxygen atoms in total. The van der Waals surface area contributed by atoms with Gasteiger partial charge in [0.1, 0.15) is 0 Å². The van der Waals surface area contributed by atoms with Gasteiger partial charge < -0.3 is 0 Å². The summed E-state index contributed by atoms with van der Waals surface area (Å²) in [5.41, 5.74) is 0. The van der Waals surface area contributed by atoms with Crippen LogP contribution in [0.1, 0.15) is 11.8 Å². The minimum Gasteiger partial charge on any atom is -0.228 e. The fourth-order valence-electron chi connectivity index (χ4n) is 0.730. The van der Waals surface area contributed by atoms with Crippen LogP contribution < -0.4 is 0 Å². The molecule has 0 aliphatic heterocycles. The van der Waals surface area contributed by atoms with Gasteiger partial charge in [0.2, 0.25) is 0 Å². The van der Waals surface area contributed by atoms with Gasteiger partial charge in [-0.05, 0) is 27.4 Å². The first-order valence-electron chi connectivity index (χ1n) is 3.47. The first kappa shape index (κ1) is 10.2. The van der Waals surface area contributed by atoms with E-state index in [-0.39, 0.29) is 11.5 Å². The highest BCUT2D eigenvalue weighted by molar-refractivity contribution is 9.10. The Bertz CT molecular complexity index is 353. The summed E-state index contributed by atoms with van der Waals surface area (Å²) in [4.78, 5) is 0.886. The largest absolute Gasteiger partial charge is 0.228 e. The molecular formula is C7H9BrO2S2. The fourth-order valence-corrected chi connectivity index (χ4v) is 3.76. The maximum atomic E-state index is 11.2. The van der Waals surface area contributed by atoms with Crippen molar-refractivity contribution in [1.29, 1.82) is 0 Å². The second-order valence-electron chi connectivity index (χ2n) is 2.37. The van der Waals surface area contributed by atoms with Crippen molar-refractivity contribution in [2.45, 2.75) is 12.7 Å². The summed E-state index contributed by atoms with van der Waals surface area (Å²) in [7, 11) is -2.88. The third-order valence-electron chi connectivity index (χ3n) is 1.48. The summed E-state index contributed by atoms with van der Waals surface area (Å²) < 4.78 is 23.3. The lowest BCUT2D eigenvalue weighted by atomic mass is 10.5. The minimum absolute atomic E-state index is 0.155. The zero-order valence-electron chi connectivity index (χ0n) is 6.58. The summed E-state index contributed by atoms with van der Waals surface area (Å²) >= 11 is 4.76. The molecule has 0 bridgehead atoms. The summed E-state index contributed by atoms with van der Waals surface area (Å²) in [6.45, 7) is 1.66. The molecule has 0 saturated carbocycles. The number of sulfone groups is 1. The Labute approximate surface area is 84.7 Å². The molecule has 0 saturated heterocycles. The molecule has 0 aromatic carbocycles. The quantitative estimate of drug-likeness (QED) is 0.844. The molecule has 1 heterocycles. The Morgan fingerprint density at radius 1 is 1.58 bits per heavy atom. The lowest BCUT2D eigenvalue weighted by molar-refractivity contribution is 0.597.